The Labute approximate surface area is 297 Å². The standard InChI is InChI=1S/C38H37N3O11/c1-46-37-34-33(32(29(21-42)49-37)52-38(45)39-24-13-3-2-4-14-24)50-35(43)22(19-30-40-25-15-7-9-17-27(25)47-30)11-5-6-12-23(36(44)51-34)20-31-41-26-16-8-10-18-28(26)48-31/h2-10,13-18,22-23,29,32-34,37,42H,11-12,19-21H2,1H3,(H,39,45)/t22-,23-,29+,32-,33-,34+,37-/m0/s1. The van der Waals surface area contributed by atoms with Crippen molar-refractivity contribution < 1.29 is 52.0 Å². The molecule has 1 amide bonds. The molecule has 0 aliphatic carbocycles. The Morgan fingerprint density at radius 3 is 1.87 bits per heavy atom. The fraction of sp³-hybridized carbons (Fsp3) is 0.342. The van der Waals surface area contributed by atoms with Crippen molar-refractivity contribution in [3.63, 3.8) is 0 Å². The van der Waals surface area contributed by atoms with Crippen LogP contribution in [0.15, 0.2) is 99.8 Å². The molecule has 270 valence electrons. The SMILES string of the molecule is CO[C@H]1O[C@H](CO)[C@H](OC(=O)Nc2ccccc2)[C@@H]2OC(=O)[C@H](Cc3nc4ccccc4o3)CC=CC[C@@H](Cc3nc4ccccc4o3)C(=O)O[C@@H]12. The molecule has 7 atom stereocenters. The number of oxazole rings is 2. The molecule has 1 saturated heterocycles. The Kier molecular flexibility index (Phi) is 10.6. The van der Waals surface area contributed by atoms with E-state index in [1.807, 2.05) is 36.4 Å². The van der Waals surface area contributed by atoms with E-state index in [4.69, 9.17) is 32.5 Å². The highest BCUT2D eigenvalue weighted by molar-refractivity contribution is 5.84. The number of aliphatic hydroxyl groups excluding tert-OH is 1. The molecule has 5 aromatic rings. The zero-order valence-corrected chi connectivity index (χ0v) is 28.2. The summed E-state index contributed by atoms with van der Waals surface area (Å²) in [6, 6.07) is 23.1. The number of carbonyl (C=O) groups excluding carboxylic acids is 3. The predicted molar refractivity (Wildman–Crippen MR) is 184 cm³/mol. The molecule has 52 heavy (non-hydrogen) atoms. The van der Waals surface area contributed by atoms with Crippen LogP contribution in [-0.2, 0) is 46.1 Å². The smallest absolute Gasteiger partial charge is 0.412 e. The van der Waals surface area contributed by atoms with Crippen molar-refractivity contribution in [1.29, 1.82) is 0 Å². The second-order valence-corrected chi connectivity index (χ2v) is 12.5. The van der Waals surface area contributed by atoms with Crippen molar-refractivity contribution in [2.45, 2.75) is 56.4 Å². The molecular weight excluding hydrogens is 674 g/mol. The number of allylic oxidation sites excluding steroid dienone is 2. The third-order valence-electron chi connectivity index (χ3n) is 8.96. The van der Waals surface area contributed by atoms with Crippen molar-refractivity contribution in [2.75, 3.05) is 19.0 Å². The number of para-hydroxylation sites is 5. The van der Waals surface area contributed by atoms with Crippen LogP contribution in [0, 0.1) is 11.8 Å². The van der Waals surface area contributed by atoms with E-state index < -0.39 is 67.2 Å². The zero-order chi connectivity index (χ0) is 36.0. The predicted octanol–water partition coefficient (Wildman–Crippen LogP) is 5.14. The van der Waals surface area contributed by atoms with Gasteiger partial charge in [0.1, 0.15) is 17.1 Å². The zero-order valence-electron chi connectivity index (χ0n) is 28.2. The third-order valence-corrected chi connectivity index (χ3v) is 8.96. The van der Waals surface area contributed by atoms with Gasteiger partial charge in [-0.2, -0.15) is 0 Å². The van der Waals surface area contributed by atoms with Gasteiger partial charge in [-0.1, -0.05) is 54.6 Å². The van der Waals surface area contributed by atoms with Crippen LogP contribution in [0.5, 0.6) is 0 Å². The van der Waals surface area contributed by atoms with Crippen molar-refractivity contribution in [3.8, 4) is 0 Å². The lowest BCUT2D eigenvalue weighted by Gasteiger charge is -2.44. The number of ether oxygens (including phenoxy) is 5. The number of nitrogens with one attached hydrogen (secondary N) is 1. The van der Waals surface area contributed by atoms with Crippen molar-refractivity contribution in [1.82, 2.24) is 9.97 Å². The van der Waals surface area contributed by atoms with Crippen LogP contribution in [0.4, 0.5) is 10.5 Å². The van der Waals surface area contributed by atoms with Crippen LogP contribution < -0.4 is 5.32 Å². The molecule has 7 rings (SSSR count). The summed E-state index contributed by atoms with van der Waals surface area (Å²) in [7, 11) is 1.32. The van der Waals surface area contributed by atoms with Gasteiger partial charge in [0.2, 0.25) is 0 Å². The molecule has 2 N–H and O–H groups in total. The minimum atomic E-state index is -1.46. The number of benzene rings is 3. The van der Waals surface area contributed by atoms with E-state index in [1.54, 1.807) is 54.6 Å². The summed E-state index contributed by atoms with van der Waals surface area (Å²) in [5.74, 6) is -2.32. The minimum Gasteiger partial charge on any atom is -0.454 e. The van der Waals surface area contributed by atoms with Crippen LogP contribution in [0.2, 0.25) is 0 Å². The van der Waals surface area contributed by atoms with E-state index in [-0.39, 0.29) is 25.7 Å². The maximum atomic E-state index is 14.1. The van der Waals surface area contributed by atoms with E-state index >= 15 is 0 Å². The number of aliphatic hydroxyl groups is 1. The summed E-state index contributed by atoms with van der Waals surface area (Å²) in [5.41, 5.74) is 2.87. The highest BCUT2D eigenvalue weighted by atomic mass is 16.7. The van der Waals surface area contributed by atoms with Crippen LogP contribution in [0.3, 0.4) is 0 Å². The third kappa shape index (κ3) is 7.83. The number of amides is 1. The van der Waals surface area contributed by atoms with Crippen molar-refractivity contribution in [2.24, 2.45) is 11.8 Å². The molecule has 14 nitrogen and oxygen atoms in total. The Morgan fingerprint density at radius 1 is 0.788 bits per heavy atom. The minimum absolute atomic E-state index is 0.0784. The summed E-state index contributed by atoms with van der Waals surface area (Å²) in [6.07, 6.45) is -3.58. The Morgan fingerprint density at radius 2 is 1.33 bits per heavy atom. The second-order valence-electron chi connectivity index (χ2n) is 12.5. The first-order valence-electron chi connectivity index (χ1n) is 16.9. The van der Waals surface area contributed by atoms with Crippen LogP contribution in [0.1, 0.15) is 24.6 Å². The Bertz CT molecular complexity index is 1980. The average molecular weight is 712 g/mol. The first-order valence-corrected chi connectivity index (χ1v) is 16.9. The van der Waals surface area contributed by atoms with E-state index in [9.17, 15) is 19.5 Å². The van der Waals surface area contributed by atoms with Gasteiger partial charge in [0, 0.05) is 25.6 Å². The summed E-state index contributed by atoms with van der Waals surface area (Å²) >= 11 is 0. The number of carbonyl (C=O) groups is 3. The summed E-state index contributed by atoms with van der Waals surface area (Å²) in [5, 5.41) is 13.0. The van der Waals surface area contributed by atoms with Gasteiger partial charge in [0.15, 0.2) is 47.5 Å². The number of aromatic nitrogens is 2. The monoisotopic (exact) mass is 711 g/mol. The summed E-state index contributed by atoms with van der Waals surface area (Å²) in [6.45, 7) is -0.646. The molecule has 3 aromatic carbocycles. The lowest BCUT2D eigenvalue weighted by molar-refractivity contribution is -0.300. The van der Waals surface area contributed by atoms with Crippen LogP contribution in [0.25, 0.3) is 22.2 Å². The average Bonchev–Trinajstić information content (AvgIpc) is 3.76. The molecule has 0 saturated carbocycles. The van der Waals surface area contributed by atoms with E-state index in [0.717, 1.165) is 0 Å². The molecule has 1 fully saturated rings. The van der Waals surface area contributed by atoms with Gasteiger partial charge in [-0.05, 0) is 49.2 Å². The lowest BCUT2D eigenvalue weighted by Crippen LogP contribution is -2.63. The topological polar surface area (TPSA) is 182 Å². The van der Waals surface area contributed by atoms with E-state index in [1.165, 1.54) is 7.11 Å². The fourth-order valence-corrected chi connectivity index (χ4v) is 6.35. The van der Waals surface area contributed by atoms with Gasteiger partial charge in [-0.25, -0.2) is 14.8 Å². The number of hydrogen-bond acceptors (Lipinski definition) is 13. The quantitative estimate of drug-likeness (QED) is 0.123. The molecule has 0 spiro atoms. The first kappa shape index (κ1) is 34.9. The first-order chi connectivity index (χ1) is 25.4. The molecule has 4 heterocycles. The largest absolute Gasteiger partial charge is 0.454 e. The highest BCUT2D eigenvalue weighted by Gasteiger charge is 2.53. The molecule has 14 heteroatoms. The molecule has 0 unspecified atom stereocenters. The van der Waals surface area contributed by atoms with Crippen LogP contribution in [-0.4, -0.2) is 77.5 Å². The fourth-order valence-electron chi connectivity index (χ4n) is 6.35. The highest BCUT2D eigenvalue weighted by Crippen LogP contribution is 2.33. The summed E-state index contributed by atoms with van der Waals surface area (Å²) in [4.78, 5) is 50.4. The van der Waals surface area contributed by atoms with Crippen LogP contribution >= 0.6 is 0 Å². The van der Waals surface area contributed by atoms with Crippen molar-refractivity contribution in [3.05, 3.63) is 103 Å². The lowest BCUT2D eigenvalue weighted by atomic mass is 9.95. The number of anilines is 1. The molecule has 2 aliphatic rings. The molecule has 2 aliphatic heterocycles. The molecule has 0 radical (unpaired) electrons. The summed E-state index contributed by atoms with van der Waals surface area (Å²) < 4.78 is 41.4. The van der Waals surface area contributed by atoms with Gasteiger partial charge in [0.25, 0.3) is 0 Å². The Balaban J connectivity index is 1.22. The van der Waals surface area contributed by atoms with Gasteiger partial charge < -0.3 is 37.6 Å². The van der Waals surface area contributed by atoms with Gasteiger partial charge in [-0.3, -0.25) is 14.9 Å². The number of rotatable bonds is 8. The normalized spacial score (nSPS) is 25.4. The number of esters is 2. The maximum Gasteiger partial charge on any atom is 0.412 e. The number of nitrogens with zero attached hydrogens (tertiary/aromatic N) is 2. The van der Waals surface area contributed by atoms with E-state index in [2.05, 4.69) is 15.3 Å². The van der Waals surface area contributed by atoms with Gasteiger partial charge in [0.05, 0.1) is 18.4 Å². The van der Waals surface area contributed by atoms with Gasteiger partial charge in [-0.15, -0.1) is 0 Å². The molecule has 0 bridgehead atoms. The number of fused-ring (bicyclic) bond motifs is 3. The molecule has 2 aromatic heterocycles. The van der Waals surface area contributed by atoms with Gasteiger partial charge >= 0.3 is 18.0 Å². The van der Waals surface area contributed by atoms with E-state index in [0.29, 0.717) is 39.7 Å². The molecular formula is C38H37N3O11. The van der Waals surface area contributed by atoms with Crippen molar-refractivity contribution >= 4 is 45.9 Å². The second kappa shape index (κ2) is 15.8. The maximum absolute atomic E-state index is 14.1. The number of hydrogen-bond donors (Lipinski definition) is 2. The Hall–Kier alpha value is -5.57. The number of methoxy groups -OCH3 is 1.